The fraction of sp³-hybridized carbons (Fsp3) is 0.692. The topological polar surface area (TPSA) is 42.4 Å². The second kappa shape index (κ2) is 4.60. The van der Waals surface area contributed by atoms with E-state index in [4.69, 9.17) is 10.2 Å². The smallest absolute Gasteiger partial charge is 0.117 e. The van der Waals surface area contributed by atoms with Crippen LogP contribution in [-0.4, -0.2) is 23.0 Å². The molecular formula is C13H22N2O. The molecular weight excluding hydrogens is 200 g/mol. The van der Waals surface area contributed by atoms with Crippen LogP contribution in [0.15, 0.2) is 22.8 Å². The van der Waals surface area contributed by atoms with E-state index in [1.165, 1.54) is 12.8 Å². The molecule has 1 unspecified atom stereocenters. The highest BCUT2D eigenvalue weighted by Crippen LogP contribution is 2.35. The predicted molar refractivity (Wildman–Crippen MR) is 65.0 cm³/mol. The molecule has 1 saturated carbocycles. The summed E-state index contributed by atoms with van der Waals surface area (Å²) in [6.45, 7) is 6.07. The molecule has 16 heavy (non-hydrogen) atoms. The SMILES string of the molecule is CCC(C)(CN)N(Cc1ccco1)C1CC1. The predicted octanol–water partition coefficient (Wildman–Crippen LogP) is 2.37. The first-order valence-electron chi connectivity index (χ1n) is 6.19. The van der Waals surface area contributed by atoms with Crippen LogP contribution in [0.2, 0.25) is 0 Å². The van der Waals surface area contributed by atoms with Gasteiger partial charge in [-0.05, 0) is 38.3 Å². The third-order valence-electron chi connectivity index (χ3n) is 3.79. The molecule has 0 amide bonds. The maximum absolute atomic E-state index is 5.94. The molecule has 1 heterocycles. The van der Waals surface area contributed by atoms with Crippen LogP contribution in [0.3, 0.4) is 0 Å². The molecule has 3 nitrogen and oxygen atoms in total. The molecule has 0 bridgehead atoms. The van der Waals surface area contributed by atoms with Crippen molar-refractivity contribution in [3.8, 4) is 0 Å². The summed E-state index contributed by atoms with van der Waals surface area (Å²) in [6, 6.07) is 4.70. The van der Waals surface area contributed by atoms with Crippen LogP contribution in [0.25, 0.3) is 0 Å². The van der Waals surface area contributed by atoms with E-state index < -0.39 is 0 Å². The minimum atomic E-state index is 0.105. The first kappa shape index (κ1) is 11.7. The number of furan rings is 1. The minimum Gasteiger partial charge on any atom is -0.468 e. The van der Waals surface area contributed by atoms with Crippen molar-refractivity contribution >= 4 is 0 Å². The van der Waals surface area contributed by atoms with Gasteiger partial charge in [0.15, 0.2) is 0 Å². The Balaban J connectivity index is 2.10. The molecule has 1 aliphatic carbocycles. The summed E-state index contributed by atoms with van der Waals surface area (Å²) < 4.78 is 5.44. The van der Waals surface area contributed by atoms with E-state index in [0.717, 1.165) is 18.7 Å². The van der Waals surface area contributed by atoms with Gasteiger partial charge in [-0.1, -0.05) is 6.92 Å². The van der Waals surface area contributed by atoms with Crippen molar-refractivity contribution in [1.82, 2.24) is 4.90 Å². The van der Waals surface area contributed by atoms with Gasteiger partial charge < -0.3 is 10.2 Å². The molecule has 0 spiro atoms. The van der Waals surface area contributed by atoms with Gasteiger partial charge in [0.1, 0.15) is 5.76 Å². The van der Waals surface area contributed by atoms with Gasteiger partial charge in [-0.2, -0.15) is 0 Å². The van der Waals surface area contributed by atoms with E-state index in [1.807, 2.05) is 12.1 Å². The monoisotopic (exact) mass is 222 g/mol. The summed E-state index contributed by atoms with van der Waals surface area (Å²) in [4.78, 5) is 2.52. The minimum absolute atomic E-state index is 0.105. The quantitative estimate of drug-likeness (QED) is 0.803. The largest absolute Gasteiger partial charge is 0.468 e. The first-order valence-corrected chi connectivity index (χ1v) is 6.19. The first-order chi connectivity index (χ1) is 7.69. The zero-order valence-corrected chi connectivity index (χ0v) is 10.3. The molecule has 1 aromatic rings. The molecule has 0 aromatic carbocycles. The Hall–Kier alpha value is -0.800. The molecule has 0 radical (unpaired) electrons. The maximum Gasteiger partial charge on any atom is 0.117 e. The standard InChI is InChI=1S/C13H22N2O/c1-3-13(2,10-14)15(11-6-7-11)9-12-5-4-8-16-12/h4-5,8,11H,3,6-7,9-10,14H2,1-2H3. The molecule has 1 aliphatic rings. The molecule has 0 saturated heterocycles. The lowest BCUT2D eigenvalue weighted by atomic mass is 9.96. The van der Waals surface area contributed by atoms with E-state index in [0.29, 0.717) is 12.6 Å². The lowest BCUT2D eigenvalue weighted by Crippen LogP contribution is -2.51. The summed E-state index contributed by atoms with van der Waals surface area (Å²) in [6.07, 6.45) is 5.43. The Kier molecular flexibility index (Phi) is 3.36. The number of rotatable bonds is 6. The highest BCUT2D eigenvalue weighted by molar-refractivity contribution is 5.03. The van der Waals surface area contributed by atoms with Gasteiger partial charge in [-0.25, -0.2) is 0 Å². The molecule has 3 heteroatoms. The van der Waals surface area contributed by atoms with Crippen molar-refractivity contribution in [3.05, 3.63) is 24.2 Å². The summed E-state index contributed by atoms with van der Waals surface area (Å²) in [5, 5.41) is 0. The maximum atomic E-state index is 5.94. The Labute approximate surface area is 97.6 Å². The summed E-state index contributed by atoms with van der Waals surface area (Å²) in [5.74, 6) is 1.04. The van der Waals surface area contributed by atoms with Crippen LogP contribution >= 0.6 is 0 Å². The Morgan fingerprint density at radius 2 is 2.31 bits per heavy atom. The van der Waals surface area contributed by atoms with Crippen molar-refractivity contribution in [3.63, 3.8) is 0 Å². The van der Waals surface area contributed by atoms with E-state index in [9.17, 15) is 0 Å². The van der Waals surface area contributed by atoms with Crippen LogP contribution in [-0.2, 0) is 6.54 Å². The van der Waals surface area contributed by atoms with Gasteiger partial charge >= 0.3 is 0 Å². The van der Waals surface area contributed by atoms with Gasteiger partial charge in [0.2, 0.25) is 0 Å². The molecule has 1 atom stereocenters. The van der Waals surface area contributed by atoms with Crippen LogP contribution in [0.1, 0.15) is 38.9 Å². The molecule has 2 rings (SSSR count). The third kappa shape index (κ3) is 2.30. The van der Waals surface area contributed by atoms with E-state index >= 15 is 0 Å². The van der Waals surface area contributed by atoms with Gasteiger partial charge in [0.25, 0.3) is 0 Å². The van der Waals surface area contributed by atoms with Crippen LogP contribution in [0.5, 0.6) is 0 Å². The van der Waals surface area contributed by atoms with E-state index in [1.54, 1.807) is 6.26 Å². The highest BCUT2D eigenvalue weighted by atomic mass is 16.3. The van der Waals surface area contributed by atoms with Crippen LogP contribution in [0.4, 0.5) is 0 Å². The van der Waals surface area contributed by atoms with Crippen molar-refractivity contribution in [2.45, 2.75) is 51.2 Å². The molecule has 1 aromatic heterocycles. The average molecular weight is 222 g/mol. The molecule has 1 fully saturated rings. The fourth-order valence-corrected chi connectivity index (χ4v) is 2.18. The summed E-state index contributed by atoms with van der Waals surface area (Å²) in [7, 11) is 0. The average Bonchev–Trinajstić information content (AvgIpc) is 3.02. The van der Waals surface area contributed by atoms with Gasteiger partial charge in [-0.15, -0.1) is 0 Å². The zero-order valence-electron chi connectivity index (χ0n) is 10.3. The van der Waals surface area contributed by atoms with Crippen LogP contribution < -0.4 is 5.73 Å². The second-order valence-corrected chi connectivity index (χ2v) is 4.99. The van der Waals surface area contributed by atoms with Crippen molar-refractivity contribution in [2.75, 3.05) is 6.54 Å². The Morgan fingerprint density at radius 3 is 2.75 bits per heavy atom. The van der Waals surface area contributed by atoms with Crippen molar-refractivity contribution < 1.29 is 4.42 Å². The van der Waals surface area contributed by atoms with E-state index in [2.05, 4.69) is 18.7 Å². The highest BCUT2D eigenvalue weighted by Gasteiger charge is 2.39. The number of hydrogen-bond acceptors (Lipinski definition) is 3. The lowest BCUT2D eigenvalue weighted by molar-refractivity contribution is 0.0801. The number of hydrogen-bond donors (Lipinski definition) is 1. The number of nitrogens with two attached hydrogens (primary N) is 1. The third-order valence-corrected chi connectivity index (χ3v) is 3.79. The number of nitrogens with zero attached hydrogens (tertiary/aromatic N) is 1. The normalized spacial score (nSPS) is 20.0. The van der Waals surface area contributed by atoms with Gasteiger partial charge in [0.05, 0.1) is 12.8 Å². The van der Waals surface area contributed by atoms with Crippen molar-refractivity contribution in [2.24, 2.45) is 5.73 Å². The molecule has 90 valence electrons. The molecule has 2 N–H and O–H groups in total. The van der Waals surface area contributed by atoms with E-state index in [-0.39, 0.29) is 5.54 Å². The summed E-state index contributed by atoms with van der Waals surface area (Å²) in [5.41, 5.74) is 6.05. The second-order valence-electron chi connectivity index (χ2n) is 4.99. The Bertz CT molecular complexity index is 313. The fourth-order valence-electron chi connectivity index (χ4n) is 2.18. The Morgan fingerprint density at radius 1 is 1.56 bits per heavy atom. The summed E-state index contributed by atoms with van der Waals surface area (Å²) >= 11 is 0. The lowest BCUT2D eigenvalue weighted by Gasteiger charge is -2.40. The molecule has 0 aliphatic heterocycles. The van der Waals surface area contributed by atoms with Crippen molar-refractivity contribution in [1.29, 1.82) is 0 Å². The van der Waals surface area contributed by atoms with Gasteiger partial charge in [0, 0.05) is 18.1 Å². The zero-order chi connectivity index (χ0) is 11.6. The van der Waals surface area contributed by atoms with Gasteiger partial charge in [-0.3, -0.25) is 4.90 Å². The van der Waals surface area contributed by atoms with Crippen LogP contribution in [0, 0.1) is 0 Å².